The summed E-state index contributed by atoms with van der Waals surface area (Å²) in [5.74, 6) is 0.416. The van der Waals surface area contributed by atoms with Gasteiger partial charge in [-0.05, 0) is 62.7 Å². The van der Waals surface area contributed by atoms with Gasteiger partial charge < -0.3 is 10.2 Å². The van der Waals surface area contributed by atoms with Crippen molar-refractivity contribution in [1.29, 1.82) is 0 Å². The minimum Gasteiger partial charge on any atom is -0.325 e. The van der Waals surface area contributed by atoms with Gasteiger partial charge in [-0.15, -0.1) is 11.8 Å². The maximum atomic E-state index is 12.7. The number of anilines is 1. The fourth-order valence-corrected chi connectivity index (χ4v) is 4.95. The number of nitrogens with zero attached hydrogens (tertiary/aromatic N) is 1. The normalized spacial score (nSPS) is 18.4. The number of piperidine rings is 1. The summed E-state index contributed by atoms with van der Waals surface area (Å²) in [6.07, 6.45) is 5.18. The maximum absolute atomic E-state index is 12.7. The van der Waals surface area contributed by atoms with Crippen molar-refractivity contribution in [3.63, 3.8) is 0 Å². The first-order valence-corrected chi connectivity index (χ1v) is 12.6. The molecule has 1 amide bonds. The number of hydrogen-bond acceptors (Lipinski definition) is 5. The van der Waals surface area contributed by atoms with Crippen LogP contribution in [0.25, 0.3) is 0 Å². The second-order valence-electron chi connectivity index (χ2n) is 7.81. The highest BCUT2D eigenvalue weighted by Crippen LogP contribution is 2.28. The predicted octanol–water partition coefficient (Wildman–Crippen LogP) is 3.40. The van der Waals surface area contributed by atoms with Crippen LogP contribution in [0.15, 0.2) is 28.0 Å². The van der Waals surface area contributed by atoms with E-state index in [9.17, 15) is 13.2 Å². The van der Waals surface area contributed by atoms with E-state index in [1.54, 1.807) is 32.0 Å². The molecule has 1 saturated heterocycles. The van der Waals surface area contributed by atoms with E-state index >= 15 is 0 Å². The Bertz CT molecular complexity index is 766. The zero-order valence-electron chi connectivity index (χ0n) is 17.3. The fraction of sp³-hybridized carbons (Fsp3) is 0.650. The molecular formula is C20H33N3O3S2. The van der Waals surface area contributed by atoms with Crippen molar-refractivity contribution < 1.29 is 13.2 Å². The molecule has 0 aliphatic carbocycles. The molecule has 0 radical (unpaired) electrons. The fourth-order valence-electron chi connectivity index (χ4n) is 3.31. The first kappa shape index (κ1) is 23.2. The molecule has 1 heterocycles. The summed E-state index contributed by atoms with van der Waals surface area (Å²) < 4.78 is 28.0. The van der Waals surface area contributed by atoms with Gasteiger partial charge in [0.15, 0.2) is 0 Å². The Morgan fingerprint density at radius 2 is 2.11 bits per heavy atom. The SMILES string of the molecule is CSc1ccc(S(=O)(=O)NCCCN2CCCC(C)C2)cc1NC(=O)C(C)C. The van der Waals surface area contributed by atoms with Crippen LogP contribution in [0.5, 0.6) is 0 Å². The Morgan fingerprint density at radius 3 is 2.75 bits per heavy atom. The van der Waals surface area contributed by atoms with Crippen LogP contribution in [0.1, 0.15) is 40.0 Å². The van der Waals surface area contributed by atoms with Crippen molar-refractivity contribution >= 4 is 33.4 Å². The van der Waals surface area contributed by atoms with Crippen LogP contribution in [0.4, 0.5) is 5.69 Å². The van der Waals surface area contributed by atoms with Gasteiger partial charge in [-0.2, -0.15) is 0 Å². The molecule has 0 aromatic heterocycles. The average molecular weight is 428 g/mol. The lowest BCUT2D eigenvalue weighted by Crippen LogP contribution is -2.36. The first-order chi connectivity index (χ1) is 13.2. The second-order valence-corrected chi connectivity index (χ2v) is 10.4. The van der Waals surface area contributed by atoms with E-state index < -0.39 is 10.0 Å². The van der Waals surface area contributed by atoms with Gasteiger partial charge in [0, 0.05) is 23.9 Å². The number of nitrogens with one attached hydrogen (secondary N) is 2. The third kappa shape index (κ3) is 6.76. The van der Waals surface area contributed by atoms with Crippen molar-refractivity contribution in [2.45, 2.75) is 49.8 Å². The number of thioether (sulfide) groups is 1. The molecule has 1 atom stereocenters. The third-order valence-electron chi connectivity index (χ3n) is 4.95. The molecule has 0 spiro atoms. The van der Waals surface area contributed by atoms with E-state index in [2.05, 4.69) is 21.9 Å². The molecule has 2 rings (SSSR count). The largest absolute Gasteiger partial charge is 0.325 e. The lowest BCUT2D eigenvalue weighted by molar-refractivity contribution is -0.118. The summed E-state index contributed by atoms with van der Waals surface area (Å²) in [6, 6.07) is 4.87. The number of hydrogen-bond donors (Lipinski definition) is 2. The first-order valence-electron chi connectivity index (χ1n) is 9.94. The highest BCUT2D eigenvalue weighted by molar-refractivity contribution is 7.98. The summed E-state index contributed by atoms with van der Waals surface area (Å²) in [7, 11) is -3.61. The molecule has 1 aromatic carbocycles. The Hall–Kier alpha value is -1.09. The van der Waals surface area contributed by atoms with E-state index in [1.165, 1.54) is 24.6 Å². The number of amides is 1. The van der Waals surface area contributed by atoms with Crippen molar-refractivity contribution in [1.82, 2.24) is 9.62 Å². The lowest BCUT2D eigenvalue weighted by atomic mass is 10.0. The number of carbonyl (C=O) groups is 1. The smallest absolute Gasteiger partial charge is 0.240 e. The Labute approximate surface area is 173 Å². The molecule has 8 heteroatoms. The number of carbonyl (C=O) groups excluding carboxylic acids is 1. The topological polar surface area (TPSA) is 78.5 Å². The zero-order chi connectivity index (χ0) is 20.7. The maximum Gasteiger partial charge on any atom is 0.240 e. The van der Waals surface area contributed by atoms with Crippen LogP contribution in [0.3, 0.4) is 0 Å². The molecule has 1 aliphatic heterocycles. The summed E-state index contributed by atoms with van der Waals surface area (Å²) in [5, 5.41) is 2.83. The van der Waals surface area contributed by atoms with Gasteiger partial charge in [0.1, 0.15) is 0 Å². The monoisotopic (exact) mass is 427 g/mol. The van der Waals surface area contributed by atoms with Crippen LogP contribution in [0, 0.1) is 11.8 Å². The Morgan fingerprint density at radius 1 is 1.36 bits per heavy atom. The van der Waals surface area contributed by atoms with Gasteiger partial charge in [0.25, 0.3) is 0 Å². The van der Waals surface area contributed by atoms with Crippen LogP contribution in [-0.4, -0.2) is 51.7 Å². The Balaban J connectivity index is 1.97. The quantitative estimate of drug-likeness (QED) is 0.466. The molecule has 2 N–H and O–H groups in total. The molecule has 0 saturated carbocycles. The minimum atomic E-state index is -3.61. The highest BCUT2D eigenvalue weighted by Gasteiger charge is 2.19. The van der Waals surface area contributed by atoms with E-state index in [0.717, 1.165) is 36.9 Å². The molecule has 0 bridgehead atoms. The molecule has 158 valence electrons. The van der Waals surface area contributed by atoms with E-state index in [4.69, 9.17) is 0 Å². The molecule has 1 aliphatic rings. The van der Waals surface area contributed by atoms with Crippen molar-refractivity contribution in [2.24, 2.45) is 11.8 Å². The molecule has 1 aromatic rings. The molecule has 1 fully saturated rings. The summed E-state index contributed by atoms with van der Waals surface area (Å²) in [6.45, 7) is 9.40. The number of sulfonamides is 1. The molecular weight excluding hydrogens is 394 g/mol. The molecule has 1 unspecified atom stereocenters. The highest BCUT2D eigenvalue weighted by atomic mass is 32.2. The number of rotatable bonds is 9. The van der Waals surface area contributed by atoms with Crippen molar-refractivity contribution in [3.05, 3.63) is 18.2 Å². The van der Waals surface area contributed by atoms with Crippen molar-refractivity contribution in [2.75, 3.05) is 37.8 Å². The number of benzene rings is 1. The van der Waals surface area contributed by atoms with Gasteiger partial charge in [0.05, 0.1) is 10.6 Å². The number of likely N-dealkylation sites (tertiary alicyclic amines) is 1. The molecule has 6 nitrogen and oxygen atoms in total. The second kappa shape index (κ2) is 10.6. The lowest BCUT2D eigenvalue weighted by Gasteiger charge is -2.30. The summed E-state index contributed by atoms with van der Waals surface area (Å²) in [5.41, 5.74) is 0.538. The summed E-state index contributed by atoms with van der Waals surface area (Å²) in [4.78, 5) is 15.5. The van der Waals surface area contributed by atoms with E-state index in [1.807, 2.05) is 6.26 Å². The standard InChI is InChI=1S/C20H33N3O3S2/c1-15(2)20(24)22-18-13-17(8-9-19(18)27-4)28(25,26)21-10-6-12-23-11-5-7-16(3)14-23/h8-9,13,15-16,21H,5-7,10-12,14H2,1-4H3,(H,22,24). The summed E-state index contributed by atoms with van der Waals surface area (Å²) >= 11 is 1.47. The van der Waals surface area contributed by atoms with Crippen molar-refractivity contribution in [3.8, 4) is 0 Å². The van der Waals surface area contributed by atoms with Gasteiger partial charge >= 0.3 is 0 Å². The zero-order valence-corrected chi connectivity index (χ0v) is 19.0. The van der Waals surface area contributed by atoms with Crippen LogP contribution < -0.4 is 10.0 Å². The third-order valence-corrected chi connectivity index (χ3v) is 7.20. The molecule has 28 heavy (non-hydrogen) atoms. The predicted molar refractivity (Wildman–Crippen MR) is 116 cm³/mol. The van der Waals surface area contributed by atoms with Crippen LogP contribution in [0.2, 0.25) is 0 Å². The Kier molecular flexibility index (Phi) is 8.80. The van der Waals surface area contributed by atoms with Gasteiger partial charge in [-0.25, -0.2) is 13.1 Å². The van der Waals surface area contributed by atoms with E-state index in [0.29, 0.717) is 12.2 Å². The van der Waals surface area contributed by atoms with Gasteiger partial charge in [-0.1, -0.05) is 20.8 Å². The van der Waals surface area contributed by atoms with Gasteiger partial charge in [-0.3, -0.25) is 4.79 Å². The van der Waals surface area contributed by atoms with E-state index in [-0.39, 0.29) is 16.7 Å². The average Bonchev–Trinajstić information content (AvgIpc) is 2.65. The minimum absolute atomic E-state index is 0.131. The van der Waals surface area contributed by atoms with Gasteiger partial charge in [0.2, 0.25) is 15.9 Å². The van der Waals surface area contributed by atoms with Crippen LogP contribution >= 0.6 is 11.8 Å². The van der Waals surface area contributed by atoms with Crippen LogP contribution in [-0.2, 0) is 14.8 Å².